The van der Waals surface area contributed by atoms with E-state index < -0.39 is 0 Å². The summed E-state index contributed by atoms with van der Waals surface area (Å²) in [6.45, 7) is 0. The average molecular weight is 194 g/mol. The van der Waals surface area contributed by atoms with Crippen molar-refractivity contribution < 1.29 is 4.79 Å². The van der Waals surface area contributed by atoms with Crippen molar-refractivity contribution in [1.82, 2.24) is 0 Å². The van der Waals surface area contributed by atoms with Crippen LogP contribution in [0.5, 0.6) is 0 Å². The van der Waals surface area contributed by atoms with Crippen molar-refractivity contribution in [3.63, 3.8) is 0 Å². The first-order valence-electron chi connectivity index (χ1n) is 4.02. The van der Waals surface area contributed by atoms with Gasteiger partial charge in [0.25, 0.3) is 0 Å². The zero-order valence-corrected chi connectivity index (χ0v) is 7.64. The zero-order valence-electron chi connectivity index (χ0n) is 6.88. The fraction of sp³-hybridized carbons (Fsp3) is 0.100. The molecular weight excluding hydrogens is 186 g/mol. The smallest absolute Gasteiger partial charge is 0.228 e. The second kappa shape index (κ2) is 3.23. The summed E-state index contributed by atoms with van der Waals surface area (Å²) in [7, 11) is 0. The Morgan fingerprint density at radius 1 is 1.38 bits per heavy atom. The van der Waals surface area contributed by atoms with Crippen LogP contribution in [0, 0.1) is 0 Å². The van der Waals surface area contributed by atoms with Crippen LogP contribution in [0.4, 0.5) is 5.69 Å². The first-order chi connectivity index (χ1) is 6.27. The molecule has 0 aliphatic carbocycles. The SMILES string of the molecule is O=C1CC=Cc2cccc(Cl)c2N1. The lowest BCUT2D eigenvalue weighted by Gasteiger charge is -2.06. The average Bonchev–Trinajstić information content (AvgIpc) is 2.28. The van der Waals surface area contributed by atoms with Gasteiger partial charge in [-0.2, -0.15) is 0 Å². The highest BCUT2D eigenvalue weighted by Crippen LogP contribution is 2.28. The van der Waals surface area contributed by atoms with Crippen molar-refractivity contribution in [2.45, 2.75) is 6.42 Å². The van der Waals surface area contributed by atoms with Crippen molar-refractivity contribution >= 4 is 29.3 Å². The number of hydrogen-bond donors (Lipinski definition) is 1. The number of nitrogens with one attached hydrogen (secondary N) is 1. The predicted molar refractivity (Wildman–Crippen MR) is 53.7 cm³/mol. The zero-order chi connectivity index (χ0) is 9.26. The van der Waals surface area contributed by atoms with E-state index in [0.29, 0.717) is 17.1 Å². The Labute approximate surface area is 81.2 Å². The molecular formula is C10H8ClNO. The summed E-state index contributed by atoms with van der Waals surface area (Å²) in [4.78, 5) is 11.2. The number of halogens is 1. The van der Waals surface area contributed by atoms with Crippen LogP contribution in [0.1, 0.15) is 12.0 Å². The molecule has 0 unspecified atom stereocenters. The highest BCUT2D eigenvalue weighted by molar-refractivity contribution is 6.34. The Hall–Kier alpha value is -1.28. The molecule has 1 aliphatic heterocycles. The molecule has 0 saturated carbocycles. The number of amides is 1. The van der Waals surface area contributed by atoms with E-state index >= 15 is 0 Å². The normalized spacial score (nSPS) is 14.7. The molecule has 0 atom stereocenters. The molecule has 66 valence electrons. The van der Waals surface area contributed by atoms with Crippen molar-refractivity contribution in [1.29, 1.82) is 0 Å². The Kier molecular flexibility index (Phi) is 2.07. The summed E-state index contributed by atoms with van der Waals surface area (Å²) in [5.41, 5.74) is 1.67. The monoisotopic (exact) mass is 193 g/mol. The maximum absolute atomic E-state index is 11.2. The molecule has 1 heterocycles. The summed E-state index contributed by atoms with van der Waals surface area (Å²) in [6.07, 6.45) is 4.14. The van der Waals surface area contributed by atoms with Crippen molar-refractivity contribution in [3.8, 4) is 0 Å². The van der Waals surface area contributed by atoms with E-state index in [9.17, 15) is 4.79 Å². The van der Waals surface area contributed by atoms with Crippen molar-refractivity contribution in [2.24, 2.45) is 0 Å². The highest BCUT2D eigenvalue weighted by Gasteiger charge is 2.10. The number of carbonyl (C=O) groups is 1. The largest absolute Gasteiger partial charge is 0.324 e. The van der Waals surface area contributed by atoms with Gasteiger partial charge in [0.1, 0.15) is 0 Å². The van der Waals surface area contributed by atoms with Gasteiger partial charge in [0.15, 0.2) is 0 Å². The molecule has 13 heavy (non-hydrogen) atoms. The molecule has 0 fully saturated rings. The molecule has 0 spiro atoms. The minimum atomic E-state index is -0.0249. The van der Waals surface area contributed by atoms with Gasteiger partial charge in [-0.1, -0.05) is 35.9 Å². The van der Waals surface area contributed by atoms with Crippen LogP contribution in [-0.4, -0.2) is 5.91 Å². The van der Waals surface area contributed by atoms with E-state index in [-0.39, 0.29) is 5.91 Å². The van der Waals surface area contributed by atoms with Gasteiger partial charge in [-0.15, -0.1) is 0 Å². The number of carbonyl (C=O) groups excluding carboxylic acids is 1. The molecule has 1 N–H and O–H groups in total. The summed E-state index contributed by atoms with van der Waals surface area (Å²) in [6, 6.07) is 5.55. The quantitative estimate of drug-likeness (QED) is 0.675. The third-order valence-corrected chi connectivity index (χ3v) is 2.23. The third-order valence-electron chi connectivity index (χ3n) is 1.91. The van der Waals surface area contributed by atoms with E-state index in [1.54, 1.807) is 6.07 Å². The van der Waals surface area contributed by atoms with Gasteiger partial charge in [-0.05, 0) is 11.6 Å². The number of benzene rings is 1. The van der Waals surface area contributed by atoms with Gasteiger partial charge in [-0.3, -0.25) is 4.79 Å². The van der Waals surface area contributed by atoms with Crippen LogP contribution < -0.4 is 5.32 Å². The Morgan fingerprint density at radius 2 is 2.23 bits per heavy atom. The Morgan fingerprint density at radius 3 is 3.08 bits per heavy atom. The lowest BCUT2D eigenvalue weighted by molar-refractivity contribution is -0.115. The lowest BCUT2D eigenvalue weighted by Crippen LogP contribution is -2.09. The van der Waals surface area contributed by atoms with E-state index in [4.69, 9.17) is 11.6 Å². The second-order valence-corrected chi connectivity index (χ2v) is 3.27. The summed E-state index contributed by atoms with van der Waals surface area (Å²) in [5.74, 6) is -0.0249. The van der Waals surface area contributed by atoms with E-state index in [0.717, 1.165) is 5.56 Å². The molecule has 2 rings (SSSR count). The third kappa shape index (κ3) is 1.58. The topological polar surface area (TPSA) is 29.1 Å². The molecule has 0 bridgehead atoms. The molecule has 1 aromatic carbocycles. The molecule has 1 amide bonds. The van der Waals surface area contributed by atoms with E-state index in [1.165, 1.54) is 0 Å². The van der Waals surface area contributed by atoms with Gasteiger partial charge < -0.3 is 5.32 Å². The fourth-order valence-corrected chi connectivity index (χ4v) is 1.52. The van der Waals surface area contributed by atoms with Crippen LogP contribution in [0.15, 0.2) is 24.3 Å². The van der Waals surface area contributed by atoms with Gasteiger partial charge in [-0.25, -0.2) is 0 Å². The van der Waals surface area contributed by atoms with Gasteiger partial charge >= 0.3 is 0 Å². The molecule has 0 radical (unpaired) electrons. The molecule has 3 heteroatoms. The van der Waals surface area contributed by atoms with Gasteiger partial charge in [0.2, 0.25) is 5.91 Å². The first-order valence-corrected chi connectivity index (χ1v) is 4.40. The van der Waals surface area contributed by atoms with Crippen LogP contribution in [-0.2, 0) is 4.79 Å². The van der Waals surface area contributed by atoms with Crippen molar-refractivity contribution in [3.05, 3.63) is 34.9 Å². The molecule has 1 aliphatic rings. The van der Waals surface area contributed by atoms with Crippen LogP contribution >= 0.6 is 11.6 Å². The van der Waals surface area contributed by atoms with Crippen molar-refractivity contribution in [2.75, 3.05) is 5.32 Å². The highest BCUT2D eigenvalue weighted by atomic mass is 35.5. The van der Waals surface area contributed by atoms with Crippen LogP contribution in [0.2, 0.25) is 5.02 Å². The molecule has 0 saturated heterocycles. The van der Waals surface area contributed by atoms with Gasteiger partial charge in [0.05, 0.1) is 10.7 Å². The number of para-hydroxylation sites is 1. The summed E-state index contributed by atoms with van der Waals surface area (Å²) < 4.78 is 0. The number of hydrogen-bond acceptors (Lipinski definition) is 1. The fourth-order valence-electron chi connectivity index (χ4n) is 1.29. The Balaban J connectivity index is 2.55. The van der Waals surface area contributed by atoms with Crippen LogP contribution in [0.3, 0.4) is 0 Å². The molecule has 0 aromatic heterocycles. The Bertz CT molecular complexity index is 385. The minimum absolute atomic E-state index is 0.0249. The van der Waals surface area contributed by atoms with E-state index in [2.05, 4.69) is 5.32 Å². The molecule has 1 aromatic rings. The van der Waals surface area contributed by atoms with Gasteiger partial charge in [0, 0.05) is 6.42 Å². The maximum atomic E-state index is 11.2. The standard InChI is InChI=1S/C10H8ClNO/c11-8-5-1-3-7-4-2-6-9(13)12-10(7)8/h1-5H,6H2,(H,12,13). The number of anilines is 1. The second-order valence-electron chi connectivity index (χ2n) is 2.86. The number of fused-ring (bicyclic) bond motifs is 1. The van der Waals surface area contributed by atoms with E-state index in [1.807, 2.05) is 24.3 Å². The predicted octanol–water partition coefficient (Wildman–Crippen LogP) is 2.70. The molecule has 2 nitrogen and oxygen atoms in total. The summed E-state index contributed by atoms with van der Waals surface area (Å²) >= 11 is 5.93. The minimum Gasteiger partial charge on any atom is -0.324 e. The van der Waals surface area contributed by atoms with Crippen LogP contribution in [0.25, 0.3) is 6.08 Å². The maximum Gasteiger partial charge on any atom is 0.228 e. The lowest BCUT2D eigenvalue weighted by atomic mass is 10.2. The summed E-state index contributed by atoms with van der Waals surface area (Å²) in [5, 5.41) is 3.34. The first kappa shape index (κ1) is 8.32. The number of rotatable bonds is 0.